The largest absolute Gasteiger partial charge is 0.356 e. The lowest BCUT2D eigenvalue weighted by molar-refractivity contribution is 0.125. The maximum Gasteiger partial charge on any atom is 0.191 e. The molecule has 2 aromatic rings. The number of hydrogen-bond acceptors (Lipinski definition) is 4. The second kappa shape index (κ2) is 11.4. The van der Waals surface area contributed by atoms with Gasteiger partial charge in [-0.2, -0.15) is 0 Å². The molecule has 0 amide bonds. The highest BCUT2D eigenvalue weighted by molar-refractivity contribution is 7.10. The Morgan fingerprint density at radius 1 is 1.27 bits per heavy atom. The standard InChI is InChI=1S/C23H34FN5S/c1-25-23(26-12-14-28(2)17-18-8-10-20(24)11-9-18)27-16-19-6-4-13-29(3)22(19)21-7-5-15-30-21/h5,7-11,15,19,22H,4,6,12-14,16-17H2,1-3H3,(H2,25,26,27). The van der Waals surface area contributed by atoms with Gasteiger partial charge < -0.3 is 15.5 Å². The van der Waals surface area contributed by atoms with Crippen LogP contribution in [0.3, 0.4) is 0 Å². The van der Waals surface area contributed by atoms with Gasteiger partial charge in [-0.1, -0.05) is 18.2 Å². The molecule has 164 valence electrons. The van der Waals surface area contributed by atoms with E-state index in [0.29, 0.717) is 12.0 Å². The van der Waals surface area contributed by atoms with Crippen molar-refractivity contribution in [2.45, 2.75) is 25.4 Å². The molecule has 2 N–H and O–H groups in total. The minimum Gasteiger partial charge on any atom is -0.356 e. The van der Waals surface area contributed by atoms with Crippen molar-refractivity contribution in [1.82, 2.24) is 20.4 Å². The molecule has 30 heavy (non-hydrogen) atoms. The molecule has 0 radical (unpaired) electrons. The first-order valence-corrected chi connectivity index (χ1v) is 11.6. The molecule has 0 spiro atoms. The van der Waals surface area contributed by atoms with E-state index in [1.54, 1.807) is 0 Å². The average Bonchev–Trinajstić information content (AvgIpc) is 3.26. The number of piperidine rings is 1. The third-order valence-electron chi connectivity index (χ3n) is 5.75. The number of hydrogen-bond donors (Lipinski definition) is 2. The highest BCUT2D eigenvalue weighted by atomic mass is 32.1. The van der Waals surface area contributed by atoms with E-state index in [0.717, 1.165) is 44.2 Å². The van der Waals surface area contributed by atoms with E-state index in [-0.39, 0.29) is 5.82 Å². The predicted octanol–water partition coefficient (Wildman–Crippen LogP) is 3.57. The van der Waals surface area contributed by atoms with Crippen molar-refractivity contribution in [2.24, 2.45) is 10.9 Å². The van der Waals surface area contributed by atoms with E-state index in [9.17, 15) is 4.39 Å². The fourth-order valence-electron chi connectivity index (χ4n) is 4.18. The van der Waals surface area contributed by atoms with Crippen LogP contribution in [0.25, 0.3) is 0 Å². The lowest BCUT2D eigenvalue weighted by Gasteiger charge is -2.39. The summed E-state index contributed by atoms with van der Waals surface area (Å²) in [6, 6.07) is 11.6. The van der Waals surface area contributed by atoms with Crippen LogP contribution < -0.4 is 10.6 Å². The van der Waals surface area contributed by atoms with E-state index in [4.69, 9.17) is 0 Å². The van der Waals surface area contributed by atoms with Gasteiger partial charge in [0.05, 0.1) is 0 Å². The van der Waals surface area contributed by atoms with Crippen LogP contribution in [0.15, 0.2) is 46.8 Å². The van der Waals surface area contributed by atoms with Crippen LogP contribution in [-0.4, -0.2) is 63.1 Å². The monoisotopic (exact) mass is 431 g/mol. The van der Waals surface area contributed by atoms with Crippen LogP contribution in [0.1, 0.15) is 29.3 Å². The second-order valence-electron chi connectivity index (χ2n) is 8.09. The molecule has 1 aromatic carbocycles. The molecule has 2 atom stereocenters. The minimum absolute atomic E-state index is 0.191. The Morgan fingerprint density at radius 2 is 2.07 bits per heavy atom. The topological polar surface area (TPSA) is 42.9 Å². The summed E-state index contributed by atoms with van der Waals surface area (Å²) in [7, 11) is 6.13. The first kappa shape index (κ1) is 22.7. The molecule has 1 aromatic heterocycles. The molecule has 1 fully saturated rings. The van der Waals surface area contributed by atoms with Gasteiger partial charge in [-0.3, -0.25) is 9.89 Å². The zero-order valence-electron chi connectivity index (χ0n) is 18.3. The normalized spacial score (nSPS) is 20.5. The molecule has 0 aliphatic carbocycles. The Hall–Kier alpha value is -1.96. The van der Waals surface area contributed by atoms with Crippen molar-refractivity contribution < 1.29 is 4.39 Å². The quantitative estimate of drug-likeness (QED) is 0.495. The van der Waals surface area contributed by atoms with Crippen molar-refractivity contribution in [3.05, 3.63) is 58.0 Å². The lowest BCUT2D eigenvalue weighted by atomic mass is 9.88. The molecular weight excluding hydrogens is 397 g/mol. The van der Waals surface area contributed by atoms with E-state index >= 15 is 0 Å². The highest BCUT2D eigenvalue weighted by Gasteiger charge is 2.31. The molecule has 1 aliphatic heterocycles. The molecule has 3 rings (SSSR count). The van der Waals surface area contributed by atoms with Gasteiger partial charge >= 0.3 is 0 Å². The maximum absolute atomic E-state index is 13.0. The third-order valence-corrected chi connectivity index (χ3v) is 6.69. The average molecular weight is 432 g/mol. The lowest BCUT2D eigenvalue weighted by Crippen LogP contribution is -2.46. The third kappa shape index (κ3) is 6.52. The Morgan fingerprint density at radius 3 is 2.77 bits per heavy atom. The van der Waals surface area contributed by atoms with E-state index in [1.807, 2.05) is 30.5 Å². The fraction of sp³-hybridized carbons (Fsp3) is 0.522. The summed E-state index contributed by atoms with van der Waals surface area (Å²) in [5.74, 6) is 1.23. The summed E-state index contributed by atoms with van der Waals surface area (Å²) >= 11 is 1.85. The van der Waals surface area contributed by atoms with Gasteiger partial charge in [0.1, 0.15) is 5.82 Å². The summed E-state index contributed by atoms with van der Waals surface area (Å²) in [5.41, 5.74) is 1.11. The first-order chi connectivity index (χ1) is 14.6. The second-order valence-corrected chi connectivity index (χ2v) is 9.07. The molecule has 0 bridgehead atoms. The van der Waals surface area contributed by atoms with Crippen LogP contribution in [-0.2, 0) is 6.54 Å². The van der Waals surface area contributed by atoms with Gasteiger partial charge in [0.25, 0.3) is 0 Å². The van der Waals surface area contributed by atoms with E-state index in [2.05, 4.69) is 57.0 Å². The number of likely N-dealkylation sites (N-methyl/N-ethyl adjacent to an activating group) is 1. The number of nitrogens with one attached hydrogen (secondary N) is 2. The van der Waals surface area contributed by atoms with Crippen molar-refractivity contribution in [1.29, 1.82) is 0 Å². The van der Waals surface area contributed by atoms with Gasteiger partial charge in [-0.05, 0) is 68.5 Å². The van der Waals surface area contributed by atoms with Crippen LogP contribution in [0, 0.1) is 11.7 Å². The smallest absolute Gasteiger partial charge is 0.191 e. The summed E-state index contributed by atoms with van der Waals surface area (Å²) < 4.78 is 13.0. The van der Waals surface area contributed by atoms with Crippen molar-refractivity contribution >= 4 is 17.3 Å². The van der Waals surface area contributed by atoms with E-state index in [1.165, 1.54) is 29.9 Å². The molecule has 2 heterocycles. The van der Waals surface area contributed by atoms with Crippen LogP contribution >= 0.6 is 11.3 Å². The minimum atomic E-state index is -0.191. The van der Waals surface area contributed by atoms with Crippen LogP contribution in [0.4, 0.5) is 4.39 Å². The number of likely N-dealkylation sites (tertiary alicyclic amines) is 1. The van der Waals surface area contributed by atoms with Crippen LogP contribution in [0.5, 0.6) is 0 Å². The van der Waals surface area contributed by atoms with Crippen molar-refractivity contribution in [3.63, 3.8) is 0 Å². The Labute approximate surface area is 184 Å². The zero-order chi connectivity index (χ0) is 21.3. The molecule has 1 saturated heterocycles. The summed E-state index contributed by atoms with van der Waals surface area (Å²) in [6.07, 6.45) is 2.47. The summed E-state index contributed by atoms with van der Waals surface area (Å²) in [4.78, 5) is 10.6. The zero-order valence-corrected chi connectivity index (χ0v) is 19.1. The Kier molecular flexibility index (Phi) is 8.66. The highest BCUT2D eigenvalue weighted by Crippen LogP contribution is 2.36. The van der Waals surface area contributed by atoms with Gasteiger partial charge in [0.2, 0.25) is 0 Å². The maximum atomic E-state index is 13.0. The number of guanidine groups is 1. The van der Waals surface area contributed by atoms with Crippen molar-refractivity contribution in [3.8, 4) is 0 Å². The Bertz CT molecular complexity index is 777. The van der Waals surface area contributed by atoms with E-state index < -0.39 is 0 Å². The number of aliphatic imine (C=N–C) groups is 1. The van der Waals surface area contributed by atoms with Gasteiger partial charge in [0.15, 0.2) is 5.96 Å². The molecule has 1 aliphatic rings. The van der Waals surface area contributed by atoms with Crippen LogP contribution in [0.2, 0.25) is 0 Å². The Balaban J connectivity index is 1.43. The molecule has 2 unspecified atom stereocenters. The van der Waals surface area contributed by atoms with Crippen molar-refractivity contribution in [2.75, 3.05) is 47.3 Å². The molecule has 0 saturated carbocycles. The molecule has 5 nitrogen and oxygen atoms in total. The molecule has 7 heteroatoms. The fourth-order valence-corrected chi connectivity index (χ4v) is 5.16. The van der Waals surface area contributed by atoms with Gasteiger partial charge in [-0.15, -0.1) is 11.3 Å². The van der Waals surface area contributed by atoms with Gasteiger partial charge in [0, 0.05) is 44.1 Å². The number of rotatable bonds is 8. The summed E-state index contributed by atoms with van der Waals surface area (Å²) in [6.45, 7) is 4.55. The number of nitrogens with zero attached hydrogens (tertiary/aromatic N) is 3. The van der Waals surface area contributed by atoms with Gasteiger partial charge in [-0.25, -0.2) is 4.39 Å². The SMILES string of the molecule is CN=C(NCCN(C)Cc1ccc(F)cc1)NCC1CCCN(C)C1c1cccs1. The summed E-state index contributed by atoms with van der Waals surface area (Å²) in [5, 5.41) is 9.13. The number of benzene rings is 1. The number of thiophene rings is 1. The molecular formula is C23H34FN5S. The first-order valence-electron chi connectivity index (χ1n) is 10.7. The predicted molar refractivity (Wildman–Crippen MR) is 125 cm³/mol. The number of halogens is 1.